The summed E-state index contributed by atoms with van der Waals surface area (Å²) < 4.78 is 16.8. The molecule has 1 fully saturated rings. The van der Waals surface area contributed by atoms with E-state index in [1.54, 1.807) is 7.11 Å². The van der Waals surface area contributed by atoms with E-state index in [9.17, 15) is 0 Å². The van der Waals surface area contributed by atoms with Crippen molar-refractivity contribution in [3.63, 3.8) is 0 Å². The Hall–Kier alpha value is -1.42. The van der Waals surface area contributed by atoms with Gasteiger partial charge >= 0.3 is 0 Å². The average Bonchev–Trinajstić information content (AvgIpc) is 2.46. The second-order valence-corrected chi connectivity index (χ2v) is 5.41. The zero-order valence-electron chi connectivity index (χ0n) is 11.4. The van der Waals surface area contributed by atoms with Crippen molar-refractivity contribution in [2.24, 2.45) is 5.73 Å². The van der Waals surface area contributed by atoms with Crippen molar-refractivity contribution >= 4 is 0 Å². The summed E-state index contributed by atoms with van der Waals surface area (Å²) in [6, 6.07) is 3.92. The molecule has 1 aromatic carbocycles. The van der Waals surface area contributed by atoms with Crippen LogP contribution in [0.2, 0.25) is 0 Å². The first kappa shape index (κ1) is 12.6. The van der Waals surface area contributed by atoms with Gasteiger partial charge in [0.25, 0.3) is 0 Å². The van der Waals surface area contributed by atoms with Gasteiger partial charge in [-0.15, -0.1) is 0 Å². The van der Waals surface area contributed by atoms with Crippen LogP contribution in [0, 0.1) is 0 Å². The Kier molecular flexibility index (Phi) is 3.27. The SMILES string of the molecule is COc1cc2c(cc1C1(N)CCCCC1)OCCO2. The van der Waals surface area contributed by atoms with Crippen molar-refractivity contribution < 1.29 is 14.2 Å². The zero-order valence-corrected chi connectivity index (χ0v) is 11.4. The lowest BCUT2D eigenvalue weighted by molar-refractivity contribution is 0.169. The van der Waals surface area contributed by atoms with Gasteiger partial charge < -0.3 is 19.9 Å². The number of ether oxygens (including phenoxy) is 3. The summed E-state index contributed by atoms with van der Waals surface area (Å²) in [5.74, 6) is 2.36. The number of fused-ring (bicyclic) bond motifs is 1. The Morgan fingerprint density at radius 1 is 1.05 bits per heavy atom. The number of rotatable bonds is 2. The van der Waals surface area contributed by atoms with E-state index in [1.807, 2.05) is 12.1 Å². The molecule has 0 atom stereocenters. The maximum atomic E-state index is 6.61. The summed E-state index contributed by atoms with van der Waals surface area (Å²) >= 11 is 0. The molecular weight excluding hydrogens is 242 g/mol. The van der Waals surface area contributed by atoms with Gasteiger partial charge in [-0.1, -0.05) is 19.3 Å². The predicted molar refractivity (Wildman–Crippen MR) is 72.9 cm³/mol. The molecule has 1 aliphatic heterocycles. The van der Waals surface area contributed by atoms with Gasteiger partial charge in [-0.05, 0) is 18.9 Å². The van der Waals surface area contributed by atoms with E-state index in [1.165, 1.54) is 19.3 Å². The first-order chi connectivity index (χ1) is 9.23. The lowest BCUT2D eigenvalue weighted by Gasteiger charge is -2.35. The van der Waals surface area contributed by atoms with Gasteiger partial charge in [0.05, 0.1) is 7.11 Å². The number of hydrogen-bond acceptors (Lipinski definition) is 4. The molecular formula is C15H21NO3. The maximum Gasteiger partial charge on any atom is 0.165 e. The highest BCUT2D eigenvalue weighted by molar-refractivity contribution is 5.53. The normalized spacial score (nSPS) is 20.9. The quantitative estimate of drug-likeness (QED) is 0.891. The van der Waals surface area contributed by atoms with Crippen LogP contribution in [0.1, 0.15) is 37.7 Å². The fourth-order valence-electron chi connectivity index (χ4n) is 3.08. The summed E-state index contributed by atoms with van der Waals surface area (Å²) in [5.41, 5.74) is 7.38. The molecule has 0 saturated heterocycles. The van der Waals surface area contributed by atoms with Gasteiger partial charge in [-0.3, -0.25) is 0 Å². The minimum Gasteiger partial charge on any atom is -0.496 e. The third-order valence-corrected chi connectivity index (χ3v) is 4.15. The van der Waals surface area contributed by atoms with Crippen molar-refractivity contribution in [2.45, 2.75) is 37.6 Å². The van der Waals surface area contributed by atoms with Crippen LogP contribution in [0.25, 0.3) is 0 Å². The topological polar surface area (TPSA) is 53.7 Å². The number of hydrogen-bond donors (Lipinski definition) is 1. The first-order valence-electron chi connectivity index (χ1n) is 7.00. The van der Waals surface area contributed by atoms with E-state index in [0.29, 0.717) is 13.2 Å². The molecule has 4 nitrogen and oxygen atoms in total. The fourth-order valence-corrected chi connectivity index (χ4v) is 3.08. The summed E-state index contributed by atoms with van der Waals surface area (Å²) in [5, 5.41) is 0. The smallest absolute Gasteiger partial charge is 0.165 e. The molecule has 1 heterocycles. The number of methoxy groups -OCH3 is 1. The van der Waals surface area contributed by atoms with Crippen LogP contribution in [0.15, 0.2) is 12.1 Å². The fraction of sp³-hybridized carbons (Fsp3) is 0.600. The molecule has 4 heteroatoms. The molecule has 0 spiro atoms. The van der Waals surface area contributed by atoms with Crippen molar-refractivity contribution in [1.82, 2.24) is 0 Å². The lowest BCUT2D eigenvalue weighted by atomic mass is 9.77. The minimum absolute atomic E-state index is 0.292. The molecule has 0 unspecified atom stereocenters. The molecule has 0 amide bonds. The second kappa shape index (κ2) is 4.93. The van der Waals surface area contributed by atoms with E-state index < -0.39 is 0 Å². The molecule has 2 N–H and O–H groups in total. The van der Waals surface area contributed by atoms with Crippen molar-refractivity contribution in [3.8, 4) is 17.2 Å². The van der Waals surface area contributed by atoms with Gasteiger partial charge in [0.15, 0.2) is 11.5 Å². The van der Waals surface area contributed by atoms with Crippen LogP contribution in [0.3, 0.4) is 0 Å². The molecule has 0 aromatic heterocycles. The van der Waals surface area contributed by atoms with Gasteiger partial charge in [0.1, 0.15) is 19.0 Å². The summed E-state index contributed by atoms with van der Waals surface area (Å²) in [4.78, 5) is 0. The first-order valence-corrected chi connectivity index (χ1v) is 7.00. The van der Waals surface area contributed by atoms with Gasteiger partial charge in [0.2, 0.25) is 0 Å². The molecule has 0 bridgehead atoms. The Morgan fingerprint density at radius 2 is 1.68 bits per heavy atom. The van der Waals surface area contributed by atoms with Crippen LogP contribution in [-0.2, 0) is 5.54 Å². The third kappa shape index (κ3) is 2.25. The second-order valence-electron chi connectivity index (χ2n) is 5.41. The molecule has 3 rings (SSSR count). The molecule has 1 saturated carbocycles. The Bertz CT molecular complexity index is 467. The Balaban J connectivity index is 2.03. The van der Waals surface area contributed by atoms with E-state index in [2.05, 4.69) is 0 Å². The lowest BCUT2D eigenvalue weighted by Crippen LogP contribution is -2.39. The maximum absolute atomic E-state index is 6.61. The van der Waals surface area contributed by atoms with Crippen LogP contribution in [0.4, 0.5) is 0 Å². The summed E-state index contributed by atoms with van der Waals surface area (Å²) in [6.45, 7) is 1.18. The Labute approximate surface area is 113 Å². The molecule has 1 aliphatic carbocycles. The highest BCUT2D eigenvalue weighted by Crippen LogP contribution is 2.44. The standard InChI is InChI=1S/C15H21NO3/c1-17-12-10-14-13(18-7-8-19-14)9-11(12)15(16)5-3-2-4-6-15/h9-10H,2-8,16H2,1H3. The van der Waals surface area contributed by atoms with Crippen molar-refractivity contribution in [2.75, 3.05) is 20.3 Å². The van der Waals surface area contributed by atoms with Gasteiger partial charge in [0, 0.05) is 17.2 Å². The number of benzene rings is 1. The highest BCUT2D eigenvalue weighted by atomic mass is 16.6. The zero-order chi connectivity index (χ0) is 13.3. The molecule has 19 heavy (non-hydrogen) atoms. The number of nitrogens with two attached hydrogens (primary N) is 1. The van der Waals surface area contributed by atoms with Crippen LogP contribution in [0.5, 0.6) is 17.2 Å². The van der Waals surface area contributed by atoms with E-state index in [0.717, 1.165) is 35.7 Å². The molecule has 1 aromatic rings. The average molecular weight is 263 g/mol. The summed E-state index contributed by atoms with van der Waals surface area (Å²) in [6.07, 6.45) is 5.63. The van der Waals surface area contributed by atoms with E-state index in [4.69, 9.17) is 19.9 Å². The van der Waals surface area contributed by atoms with Crippen LogP contribution in [-0.4, -0.2) is 20.3 Å². The third-order valence-electron chi connectivity index (χ3n) is 4.15. The monoisotopic (exact) mass is 263 g/mol. The van der Waals surface area contributed by atoms with E-state index in [-0.39, 0.29) is 5.54 Å². The van der Waals surface area contributed by atoms with E-state index >= 15 is 0 Å². The van der Waals surface area contributed by atoms with Crippen molar-refractivity contribution in [1.29, 1.82) is 0 Å². The van der Waals surface area contributed by atoms with Gasteiger partial charge in [-0.2, -0.15) is 0 Å². The highest BCUT2D eigenvalue weighted by Gasteiger charge is 2.33. The van der Waals surface area contributed by atoms with Crippen LogP contribution < -0.4 is 19.9 Å². The summed E-state index contributed by atoms with van der Waals surface area (Å²) in [7, 11) is 1.68. The molecule has 104 valence electrons. The minimum atomic E-state index is -0.292. The predicted octanol–water partition coefficient (Wildman–Crippen LogP) is 2.58. The molecule has 0 radical (unpaired) electrons. The largest absolute Gasteiger partial charge is 0.496 e. The molecule has 2 aliphatic rings. The van der Waals surface area contributed by atoms with Crippen molar-refractivity contribution in [3.05, 3.63) is 17.7 Å². The van der Waals surface area contributed by atoms with Gasteiger partial charge in [-0.25, -0.2) is 0 Å². The van der Waals surface area contributed by atoms with Crippen LogP contribution >= 0.6 is 0 Å². The Morgan fingerprint density at radius 3 is 2.32 bits per heavy atom.